The van der Waals surface area contributed by atoms with Gasteiger partial charge in [-0.1, -0.05) is 6.07 Å². The van der Waals surface area contributed by atoms with Crippen molar-refractivity contribution in [2.75, 3.05) is 19.6 Å². The molecule has 0 radical (unpaired) electrons. The van der Waals surface area contributed by atoms with Crippen LogP contribution in [0.2, 0.25) is 5.82 Å². The van der Waals surface area contributed by atoms with Crippen molar-refractivity contribution in [3.8, 4) is 11.5 Å². The summed E-state index contributed by atoms with van der Waals surface area (Å²) in [5, 5.41) is 22.8. The second-order valence-electron chi connectivity index (χ2n) is 8.12. The van der Waals surface area contributed by atoms with Gasteiger partial charge in [-0.3, -0.25) is 9.69 Å². The van der Waals surface area contributed by atoms with Crippen molar-refractivity contribution in [1.29, 1.82) is 0 Å². The molecule has 1 aromatic rings. The van der Waals surface area contributed by atoms with E-state index in [1.807, 2.05) is 6.07 Å². The molecule has 9 nitrogen and oxygen atoms in total. The number of rotatable bonds is 5. The van der Waals surface area contributed by atoms with Gasteiger partial charge in [-0.15, -0.1) is 0 Å². The van der Waals surface area contributed by atoms with Crippen LogP contribution in [0.15, 0.2) is 12.1 Å². The highest BCUT2D eigenvalue weighted by atomic mass is 16.5. The first kappa shape index (κ1) is 17.8. The number of fused-ring (bicyclic) bond motifs is 3. The highest BCUT2D eigenvalue weighted by molar-refractivity contribution is 6.48. The van der Waals surface area contributed by atoms with Gasteiger partial charge in [0.1, 0.15) is 23.2 Å². The molecule has 1 amide bonds. The van der Waals surface area contributed by atoms with Crippen molar-refractivity contribution in [3.63, 3.8) is 0 Å². The molecule has 0 bridgehead atoms. The predicted molar refractivity (Wildman–Crippen MR) is 98.5 cm³/mol. The van der Waals surface area contributed by atoms with E-state index >= 15 is 0 Å². The predicted octanol–water partition coefficient (Wildman–Crippen LogP) is -0.606. The first-order chi connectivity index (χ1) is 13.4. The number of benzene rings is 1. The minimum Gasteiger partial charge on any atom is -0.535 e. The highest BCUT2D eigenvalue weighted by Crippen LogP contribution is 2.60. The van der Waals surface area contributed by atoms with E-state index < -0.39 is 13.1 Å². The first-order valence-corrected chi connectivity index (χ1v) is 9.60. The van der Waals surface area contributed by atoms with Gasteiger partial charge in [-0.25, -0.2) is 4.79 Å². The van der Waals surface area contributed by atoms with Gasteiger partial charge in [0, 0.05) is 31.5 Å². The molecule has 2 saturated heterocycles. The number of hydrogen-bond acceptors (Lipinski definition) is 7. The topological polar surface area (TPSA) is 134 Å². The SMILES string of the molecule is NC(=O)[C@H]1C[C@H](N2CC(Oc3ccc4c(c3C(=O)O)OB(O)[C@@H]3C[C@H]43)C2)CN1. The van der Waals surface area contributed by atoms with E-state index in [2.05, 4.69) is 10.2 Å². The van der Waals surface area contributed by atoms with E-state index in [9.17, 15) is 19.7 Å². The van der Waals surface area contributed by atoms with Crippen molar-refractivity contribution in [2.24, 2.45) is 5.73 Å². The zero-order valence-corrected chi connectivity index (χ0v) is 15.2. The van der Waals surface area contributed by atoms with Crippen molar-refractivity contribution < 1.29 is 29.1 Å². The Hall–Kier alpha value is -2.30. The molecule has 0 unspecified atom stereocenters. The Labute approximate surface area is 161 Å². The fourth-order valence-electron chi connectivity index (χ4n) is 4.63. The monoisotopic (exact) mass is 387 g/mol. The standard InChI is InChI=1S/C18H22BN3O6/c20-17(23)13-3-8(5-21-13)22-6-9(7-22)27-14-2-1-10-11-4-12(11)19(26)28-16(10)15(14)18(24)25/h1-2,8-9,11-13,21,26H,3-7H2,(H2,20,23)(H,24,25)/t8-,11+,12+,13+/m0/s1. The van der Waals surface area contributed by atoms with Gasteiger partial charge in [-0.2, -0.15) is 0 Å². The maximum absolute atomic E-state index is 11.9. The average molecular weight is 387 g/mol. The molecular formula is C18H22BN3O6. The molecule has 3 heterocycles. The number of carboxylic acid groups (broad SMARTS) is 1. The maximum atomic E-state index is 11.9. The van der Waals surface area contributed by atoms with Gasteiger partial charge in [0.25, 0.3) is 0 Å². The van der Waals surface area contributed by atoms with Crippen molar-refractivity contribution in [1.82, 2.24) is 10.2 Å². The number of aromatic carboxylic acids is 1. The summed E-state index contributed by atoms with van der Waals surface area (Å²) in [4.78, 5) is 25.4. The summed E-state index contributed by atoms with van der Waals surface area (Å²) in [5.74, 6) is -0.739. The number of carbonyl (C=O) groups is 2. The van der Waals surface area contributed by atoms with Gasteiger partial charge in [0.2, 0.25) is 5.91 Å². The van der Waals surface area contributed by atoms with Gasteiger partial charge in [0.15, 0.2) is 0 Å². The Bertz CT molecular complexity index is 845. The summed E-state index contributed by atoms with van der Waals surface area (Å²) in [6, 6.07) is 3.48. The molecular weight excluding hydrogens is 365 g/mol. The number of nitrogens with one attached hydrogen (secondary N) is 1. The molecule has 4 atom stereocenters. The number of primary amides is 1. The number of nitrogens with zero attached hydrogens (tertiary/aromatic N) is 1. The van der Waals surface area contributed by atoms with Crippen LogP contribution in [0.4, 0.5) is 0 Å². The molecule has 148 valence electrons. The minimum absolute atomic E-state index is 0.0170. The Morgan fingerprint density at radius 1 is 1.32 bits per heavy atom. The Kier molecular flexibility index (Phi) is 4.04. The summed E-state index contributed by atoms with van der Waals surface area (Å²) in [5.41, 5.74) is 6.16. The van der Waals surface area contributed by atoms with E-state index in [4.69, 9.17) is 15.1 Å². The molecule has 0 spiro atoms. The van der Waals surface area contributed by atoms with Gasteiger partial charge < -0.3 is 30.6 Å². The summed E-state index contributed by atoms with van der Waals surface area (Å²) in [6.45, 7) is 2.01. The second-order valence-corrected chi connectivity index (χ2v) is 8.12. The Balaban J connectivity index is 1.28. The lowest BCUT2D eigenvalue weighted by Crippen LogP contribution is -2.58. The molecule has 1 saturated carbocycles. The van der Waals surface area contributed by atoms with Crippen molar-refractivity contribution >= 4 is 19.0 Å². The summed E-state index contributed by atoms with van der Waals surface area (Å²) in [6.07, 6.45) is 1.36. The van der Waals surface area contributed by atoms with Gasteiger partial charge in [0.05, 0.1) is 6.04 Å². The maximum Gasteiger partial charge on any atom is 0.526 e. The molecule has 28 heavy (non-hydrogen) atoms. The number of likely N-dealkylation sites (tertiary alicyclic amines) is 1. The van der Waals surface area contributed by atoms with Crippen LogP contribution in [0.3, 0.4) is 0 Å². The molecule has 5 N–H and O–H groups in total. The molecule has 1 aliphatic carbocycles. The van der Waals surface area contributed by atoms with Crippen molar-refractivity contribution in [3.05, 3.63) is 23.3 Å². The Morgan fingerprint density at radius 3 is 2.79 bits per heavy atom. The second kappa shape index (κ2) is 6.36. The fourth-order valence-corrected chi connectivity index (χ4v) is 4.63. The van der Waals surface area contributed by atoms with E-state index in [1.165, 1.54) is 0 Å². The third-order valence-electron chi connectivity index (χ3n) is 6.35. The summed E-state index contributed by atoms with van der Waals surface area (Å²) >= 11 is 0. The molecule has 10 heteroatoms. The largest absolute Gasteiger partial charge is 0.535 e. The molecule has 1 aromatic carbocycles. The fraction of sp³-hybridized carbons (Fsp3) is 0.556. The molecule has 5 rings (SSSR count). The lowest BCUT2D eigenvalue weighted by atomic mass is 9.77. The van der Waals surface area contributed by atoms with Gasteiger partial charge >= 0.3 is 13.1 Å². The summed E-state index contributed by atoms with van der Waals surface area (Å²) < 4.78 is 11.5. The number of ether oxygens (including phenoxy) is 1. The number of carboxylic acids is 1. The van der Waals surface area contributed by atoms with Crippen LogP contribution in [0.25, 0.3) is 0 Å². The zero-order valence-electron chi connectivity index (χ0n) is 15.2. The van der Waals surface area contributed by atoms with Crippen LogP contribution in [0, 0.1) is 0 Å². The lowest BCUT2D eigenvalue weighted by molar-refractivity contribution is -0.119. The number of hydrogen-bond donors (Lipinski definition) is 4. The van der Waals surface area contributed by atoms with Crippen molar-refractivity contribution in [2.45, 2.75) is 42.8 Å². The average Bonchev–Trinajstić information content (AvgIpc) is 3.27. The quantitative estimate of drug-likeness (QED) is 0.492. The highest BCUT2D eigenvalue weighted by Gasteiger charge is 2.54. The first-order valence-electron chi connectivity index (χ1n) is 9.60. The van der Waals surface area contributed by atoms with Crippen LogP contribution >= 0.6 is 0 Å². The number of nitrogens with two attached hydrogens (primary N) is 1. The van der Waals surface area contributed by atoms with E-state index in [1.54, 1.807) is 6.07 Å². The van der Waals surface area contributed by atoms with Crippen LogP contribution in [0.1, 0.15) is 34.7 Å². The van der Waals surface area contributed by atoms with Gasteiger partial charge in [-0.05, 0) is 30.4 Å². The molecule has 3 fully saturated rings. The third-order valence-corrected chi connectivity index (χ3v) is 6.35. The normalized spacial score (nSPS) is 31.4. The summed E-state index contributed by atoms with van der Waals surface area (Å²) in [7, 11) is -0.960. The van der Waals surface area contributed by atoms with Crippen LogP contribution < -0.4 is 20.4 Å². The van der Waals surface area contributed by atoms with Crippen LogP contribution in [-0.2, 0) is 4.79 Å². The van der Waals surface area contributed by atoms with E-state index in [0.29, 0.717) is 26.1 Å². The smallest absolute Gasteiger partial charge is 0.526 e. The molecule has 3 aliphatic heterocycles. The van der Waals surface area contributed by atoms with E-state index in [0.717, 1.165) is 12.0 Å². The van der Waals surface area contributed by atoms with E-state index in [-0.39, 0.29) is 52.9 Å². The zero-order chi connectivity index (χ0) is 19.6. The lowest BCUT2D eigenvalue weighted by Gasteiger charge is -2.42. The molecule has 4 aliphatic rings. The Morgan fingerprint density at radius 2 is 2.11 bits per heavy atom. The number of carbonyl (C=O) groups excluding carboxylic acids is 1. The molecule has 0 aromatic heterocycles. The van der Waals surface area contributed by atoms with Crippen LogP contribution in [0.5, 0.6) is 11.5 Å². The number of amides is 1. The third kappa shape index (κ3) is 2.83. The van der Waals surface area contributed by atoms with Crippen LogP contribution in [-0.4, -0.2) is 71.8 Å². The minimum atomic E-state index is -1.13.